The van der Waals surface area contributed by atoms with Crippen LogP contribution < -0.4 is 5.73 Å². The zero-order valence-corrected chi connectivity index (χ0v) is 10.6. The van der Waals surface area contributed by atoms with Gasteiger partial charge >= 0.3 is 0 Å². The topological polar surface area (TPSA) is 26.0 Å². The van der Waals surface area contributed by atoms with E-state index in [0.717, 1.165) is 18.4 Å². The molecule has 0 aromatic heterocycles. The molecule has 0 heterocycles. The molecule has 0 aliphatic heterocycles. The minimum absolute atomic E-state index is 0. The van der Waals surface area contributed by atoms with E-state index in [1.54, 1.807) is 0 Å². The second-order valence-corrected chi connectivity index (χ2v) is 4.01. The maximum Gasteiger partial charge on any atom is 0.0479 e. The van der Waals surface area contributed by atoms with Crippen molar-refractivity contribution >= 4 is 12.4 Å². The van der Waals surface area contributed by atoms with Crippen molar-refractivity contribution in [3.05, 3.63) is 60.7 Å². The Balaban J connectivity index is 0.00000225. The molecule has 16 heavy (non-hydrogen) atoms. The number of aryl methyl sites for hydroxylation is 1. The minimum atomic E-state index is -0.352. The van der Waals surface area contributed by atoms with Crippen LogP contribution >= 0.6 is 12.4 Å². The number of halogens is 1. The van der Waals surface area contributed by atoms with Crippen LogP contribution in [0.25, 0.3) is 0 Å². The third-order valence-electron chi connectivity index (χ3n) is 2.61. The van der Waals surface area contributed by atoms with E-state index >= 15 is 0 Å². The molecule has 0 spiro atoms. The van der Waals surface area contributed by atoms with E-state index in [-0.39, 0.29) is 17.9 Å². The Hall–Kier alpha value is -1.05. The van der Waals surface area contributed by atoms with Crippen molar-refractivity contribution < 1.29 is 0 Å². The number of hydrogen-bond donors (Lipinski definition) is 1. The molecule has 0 bridgehead atoms. The van der Waals surface area contributed by atoms with Crippen LogP contribution in [0.1, 0.15) is 24.0 Å². The summed E-state index contributed by atoms with van der Waals surface area (Å²) in [6, 6.07) is 8.32. The van der Waals surface area contributed by atoms with E-state index in [0.29, 0.717) is 0 Å². The van der Waals surface area contributed by atoms with Gasteiger partial charge in [0.05, 0.1) is 0 Å². The van der Waals surface area contributed by atoms with Gasteiger partial charge in [-0.2, -0.15) is 0 Å². The maximum absolute atomic E-state index is 6.37. The summed E-state index contributed by atoms with van der Waals surface area (Å²) < 4.78 is 0. The lowest BCUT2D eigenvalue weighted by Gasteiger charge is -2.28. The Morgan fingerprint density at radius 2 is 1.81 bits per heavy atom. The van der Waals surface area contributed by atoms with Crippen molar-refractivity contribution in [1.29, 1.82) is 0 Å². The van der Waals surface area contributed by atoms with E-state index in [4.69, 9.17) is 5.73 Å². The Labute approximate surface area is 104 Å². The van der Waals surface area contributed by atoms with Gasteiger partial charge in [-0.25, -0.2) is 0 Å². The highest BCUT2D eigenvalue weighted by atomic mass is 35.5. The van der Waals surface area contributed by atoms with Gasteiger partial charge in [0.1, 0.15) is 0 Å². The third kappa shape index (κ3) is 3.51. The molecule has 0 aliphatic rings. The van der Waals surface area contributed by atoms with Gasteiger partial charge in [0.25, 0.3) is 0 Å². The monoisotopic (exact) mass is 237 g/mol. The Bertz CT molecular complexity index is 348. The van der Waals surface area contributed by atoms with Crippen LogP contribution in [0.2, 0.25) is 0 Å². The largest absolute Gasteiger partial charge is 0.321 e. The van der Waals surface area contributed by atoms with Gasteiger partial charge in [-0.15, -0.1) is 25.6 Å². The predicted octanol–water partition coefficient (Wildman–Crippen LogP) is 3.72. The van der Waals surface area contributed by atoms with E-state index in [9.17, 15) is 0 Å². The summed E-state index contributed by atoms with van der Waals surface area (Å²) in [5, 5.41) is 0. The van der Waals surface area contributed by atoms with Gasteiger partial charge < -0.3 is 5.73 Å². The number of rotatable bonds is 5. The summed E-state index contributed by atoms with van der Waals surface area (Å²) in [5.74, 6) is 0. The zero-order chi connectivity index (χ0) is 11.3. The van der Waals surface area contributed by atoms with Crippen molar-refractivity contribution in [2.45, 2.75) is 25.3 Å². The normalized spacial score (nSPS) is 10.4. The van der Waals surface area contributed by atoms with E-state index in [2.05, 4.69) is 38.3 Å². The van der Waals surface area contributed by atoms with Crippen LogP contribution in [0.3, 0.4) is 0 Å². The first-order valence-electron chi connectivity index (χ1n) is 5.20. The molecule has 1 aromatic carbocycles. The van der Waals surface area contributed by atoms with Crippen LogP contribution in [0.5, 0.6) is 0 Å². The SMILES string of the molecule is C=CCC(N)(CC=C)c1cccc(C)c1.Cl. The molecule has 0 saturated carbocycles. The summed E-state index contributed by atoms with van der Waals surface area (Å²) >= 11 is 0. The molecule has 1 rings (SSSR count). The number of benzene rings is 1. The maximum atomic E-state index is 6.37. The standard InChI is InChI=1S/C14H19N.ClH/c1-4-9-14(15,10-5-2)13-8-6-7-12(3)11-13;/h4-8,11H,1-2,9-10,15H2,3H3;1H. The zero-order valence-electron chi connectivity index (χ0n) is 9.78. The van der Waals surface area contributed by atoms with E-state index in [1.807, 2.05) is 18.2 Å². The highest BCUT2D eigenvalue weighted by Crippen LogP contribution is 2.27. The quantitative estimate of drug-likeness (QED) is 0.776. The second-order valence-electron chi connectivity index (χ2n) is 4.01. The first kappa shape index (κ1) is 14.9. The van der Waals surface area contributed by atoms with Gasteiger partial charge in [-0.3, -0.25) is 0 Å². The molecule has 0 fully saturated rings. The molecule has 1 nitrogen and oxygen atoms in total. The fourth-order valence-corrected chi connectivity index (χ4v) is 1.79. The second kappa shape index (κ2) is 6.51. The lowest BCUT2D eigenvalue weighted by molar-refractivity contribution is 0.456. The van der Waals surface area contributed by atoms with E-state index in [1.165, 1.54) is 5.56 Å². The molecular formula is C14H20ClN. The van der Waals surface area contributed by atoms with Gasteiger partial charge in [-0.05, 0) is 25.3 Å². The van der Waals surface area contributed by atoms with Gasteiger partial charge in [0, 0.05) is 5.54 Å². The summed E-state index contributed by atoms with van der Waals surface area (Å²) in [6.45, 7) is 9.60. The van der Waals surface area contributed by atoms with Crippen molar-refractivity contribution in [3.63, 3.8) is 0 Å². The van der Waals surface area contributed by atoms with Crippen molar-refractivity contribution in [2.75, 3.05) is 0 Å². The molecule has 88 valence electrons. The molecular weight excluding hydrogens is 218 g/mol. The fourth-order valence-electron chi connectivity index (χ4n) is 1.79. The average Bonchev–Trinajstić information content (AvgIpc) is 2.18. The van der Waals surface area contributed by atoms with Crippen LogP contribution in [0.15, 0.2) is 49.6 Å². The number of hydrogen-bond acceptors (Lipinski definition) is 1. The highest BCUT2D eigenvalue weighted by Gasteiger charge is 2.23. The Kier molecular flexibility index (Phi) is 6.09. The molecule has 0 atom stereocenters. The molecule has 0 amide bonds. The van der Waals surface area contributed by atoms with Gasteiger partial charge in [0.2, 0.25) is 0 Å². The lowest BCUT2D eigenvalue weighted by Crippen LogP contribution is -2.35. The molecule has 2 N–H and O–H groups in total. The van der Waals surface area contributed by atoms with Crippen LogP contribution in [-0.4, -0.2) is 0 Å². The summed E-state index contributed by atoms with van der Waals surface area (Å²) in [7, 11) is 0. The molecule has 0 radical (unpaired) electrons. The van der Waals surface area contributed by atoms with Crippen molar-refractivity contribution in [3.8, 4) is 0 Å². The summed E-state index contributed by atoms with van der Waals surface area (Å²) in [6.07, 6.45) is 5.27. The molecule has 2 heteroatoms. The average molecular weight is 238 g/mol. The Morgan fingerprint density at radius 3 is 2.25 bits per heavy atom. The van der Waals surface area contributed by atoms with Gasteiger partial charge in [-0.1, -0.05) is 42.0 Å². The first-order chi connectivity index (χ1) is 7.12. The smallest absolute Gasteiger partial charge is 0.0479 e. The molecule has 1 aromatic rings. The minimum Gasteiger partial charge on any atom is -0.321 e. The van der Waals surface area contributed by atoms with Gasteiger partial charge in [0.15, 0.2) is 0 Å². The van der Waals surface area contributed by atoms with Crippen LogP contribution in [0, 0.1) is 6.92 Å². The lowest BCUT2D eigenvalue weighted by atomic mass is 9.84. The predicted molar refractivity (Wildman–Crippen MR) is 73.9 cm³/mol. The van der Waals surface area contributed by atoms with E-state index < -0.39 is 0 Å². The molecule has 0 aliphatic carbocycles. The number of nitrogens with two attached hydrogens (primary N) is 1. The summed E-state index contributed by atoms with van der Waals surface area (Å²) in [5.41, 5.74) is 8.40. The molecule has 0 saturated heterocycles. The van der Waals surface area contributed by atoms with Crippen LogP contribution in [-0.2, 0) is 5.54 Å². The third-order valence-corrected chi connectivity index (χ3v) is 2.61. The Morgan fingerprint density at radius 1 is 1.25 bits per heavy atom. The highest BCUT2D eigenvalue weighted by molar-refractivity contribution is 5.85. The summed E-state index contributed by atoms with van der Waals surface area (Å²) in [4.78, 5) is 0. The fraction of sp³-hybridized carbons (Fsp3) is 0.286. The van der Waals surface area contributed by atoms with Crippen molar-refractivity contribution in [2.24, 2.45) is 5.73 Å². The van der Waals surface area contributed by atoms with Crippen LogP contribution in [0.4, 0.5) is 0 Å². The molecule has 0 unspecified atom stereocenters. The first-order valence-corrected chi connectivity index (χ1v) is 5.20. The van der Waals surface area contributed by atoms with Crippen molar-refractivity contribution in [1.82, 2.24) is 0 Å².